The minimum absolute atomic E-state index is 0.0422. The molecule has 1 aromatic carbocycles. The lowest BCUT2D eigenvalue weighted by atomic mass is 10.2. The van der Waals surface area contributed by atoms with Crippen LogP contribution in [0.5, 0.6) is 0 Å². The van der Waals surface area contributed by atoms with Gasteiger partial charge in [-0.15, -0.1) is 0 Å². The minimum Gasteiger partial charge on any atom is -0.444 e. The number of cyclic esters (lactones) is 1. The summed E-state index contributed by atoms with van der Waals surface area (Å²) < 4.78 is 5.10. The topological polar surface area (TPSA) is 49.8 Å². The highest BCUT2D eigenvalue weighted by molar-refractivity contribution is 5.89. The van der Waals surface area contributed by atoms with Gasteiger partial charge in [0.1, 0.15) is 6.10 Å². The molecule has 4 nitrogen and oxygen atoms in total. The summed E-state index contributed by atoms with van der Waals surface area (Å²) in [5.74, 6) is 0. The first kappa shape index (κ1) is 9.98. The number of benzene rings is 1. The van der Waals surface area contributed by atoms with E-state index in [1.165, 1.54) is 0 Å². The number of nitrogens with zero attached hydrogens (tertiary/aromatic N) is 1. The van der Waals surface area contributed by atoms with Crippen LogP contribution in [-0.4, -0.2) is 30.5 Å². The van der Waals surface area contributed by atoms with Crippen molar-refractivity contribution >= 4 is 11.8 Å². The summed E-state index contributed by atoms with van der Waals surface area (Å²) >= 11 is 0. The lowest BCUT2D eigenvalue weighted by molar-refractivity contribution is 0.122. The van der Waals surface area contributed by atoms with Crippen LogP contribution in [0.1, 0.15) is 6.42 Å². The van der Waals surface area contributed by atoms with Gasteiger partial charge in [-0.25, -0.2) is 4.79 Å². The summed E-state index contributed by atoms with van der Waals surface area (Å²) in [5.41, 5.74) is 0.836. The summed E-state index contributed by atoms with van der Waals surface area (Å²) in [5, 5.41) is 8.76. The predicted molar refractivity (Wildman–Crippen MR) is 55.8 cm³/mol. The van der Waals surface area contributed by atoms with Gasteiger partial charge in [0.15, 0.2) is 0 Å². The Morgan fingerprint density at radius 1 is 1.40 bits per heavy atom. The van der Waals surface area contributed by atoms with Gasteiger partial charge in [-0.3, -0.25) is 4.90 Å². The number of hydrogen-bond donors (Lipinski definition) is 1. The third kappa shape index (κ3) is 2.10. The predicted octanol–water partition coefficient (Wildman–Crippen LogP) is 1.39. The average molecular weight is 207 g/mol. The normalized spacial score (nSPS) is 20.5. The van der Waals surface area contributed by atoms with Crippen molar-refractivity contribution in [2.45, 2.75) is 12.5 Å². The molecule has 1 aromatic rings. The Labute approximate surface area is 88.1 Å². The second-order valence-electron chi connectivity index (χ2n) is 3.46. The summed E-state index contributed by atoms with van der Waals surface area (Å²) in [6.07, 6.45) is -0.0305. The van der Waals surface area contributed by atoms with Crippen LogP contribution in [0.3, 0.4) is 0 Å². The highest BCUT2D eigenvalue weighted by atomic mass is 16.6. The third-order valence-corrected chi connectivity index (χ3v) is 2.39. The first-order valence-electron chi connectivity index (χ1n) is 4.95. The molecular weight excluding hydrogens is 194 g/mol. The van der Waals surface area contributed by atoms with Crippen LogP contribution in [0.2, 0.25) is 0 Å². The van der Waals surface area contributed by atoms with E-state index in [0.29, 0.717) is 13.0 Å². The highest BCUT2D eigenvalue weighted by Gasteiger charge is 2.31. The molecule has 1 amide bonds. The van der Waals surface area contributed by atoms with Crippen molar-refractivity contribution in [1.29, 1.82) is 0 Å². The zero-order valence-electron chi connectivity index (χ0n) is 8.30. The van der Waals surface area contributed by atoms with Crippen LogP contribution in [0, 0.1) is 0 Å². The fourth-order valence-corrected chi connectivity index (χ4v) is 1.63. The quantitative estimate of drug-likeness (QED) is 0.814. The van der Waals surface area contributed by atoms with Crippen molar-refractivity contribution in [2.75, 3.05) is 18.1 Å². The van der Waals surface area contributed by atoms with Crippen LogP contribution in [-0.2, 0) is 4.74 Å². The zero-order chi connectivity index (χ0) is 10.7. The van der Waals surface area contributed by atoms with E-state index in [9.17, 15) is 4.79 Å². The Morgan fingerprint density at radius 3 is 2.80 bits per heavy atom. The lowest BCUT2D eigenvalue weighted by Crippen LogP contribution is -2.24. The first-order chi connectivity index (χ1) is 7.31. The van der Waals surface area contributed by atoms with Gasteiger partial charge in [0.25, 0.3) is 0 Å². The first-order valence-corrected chi connectivity index (χ1v) is 4.95. The van der Waals surface area contributed by atoms with Gasteiger partial charge in [0.2, 0.25) is 0 Å². The molecule has 1 heterocycles. The Kier molecular flexibility index (Phi) is 2.87. The number of ether oxygens (including phenoxy) is 1. The summed E-state index contributed by atoms with van der Waals surface area (Å²) in [7, 11) is 0. The van der Waals surface area contributed by atoms with E-state index in [0.717, 1.165) is 5.69 Å². The number of aliphatic hydroxyl groups excluding tert-OH is 1. The van der Waals surface area contributed by atoms with E-state index in [4.69, 9.17) is 9.84 Å². The molecular formula is C11H13NO3. The molecule has 1 aliphatic heterocycles. The number of carbonyl (C=O) groups excluding carboxylic acids is 1. The molecule has 0 aliphatic carbocycles. The summed E-state index contributed by atoms with van der Waals surface area (Å²) in [6, 6.07) is 9.38. The van der Waals surface area contributed by atoms with Crippen molar-refractivity contribution in [1.82, 2.24) is 0 Å². The fourth-order valence-electron chi connectivity index (χ4n) is 1.63. The molecule has 4 heteroatoms. The minimum atomic E-state index is -0.334. The number of anilines is 1. The molecule has 1 atom stereocenters. The molecule has 0 aromatic heterocycles. The van der Waals surface area contributed by atoms with Gasteiger partial charge >= 0.3 is 6.09 Å². The molecule has 1 aliphatic rings. The van der Waals surface area contributed by atoms with Gasteiger partial charge < -0.3 is 9.84 Å². The number of para-hydroxylation sites is 1. The molecule has 1 saturated heterocycles. The van der Waals surface area contributed by atoms with Gasteiger partial charge in [-0.2, -0.15) is 0 Å². The monoisotopic (exact) mass is 207 g/mol. The number of aliphatic hydroxyl groups is 1. The van der Waals surface area contributed by atoms with Gasteiger partial charge in [-0.1, -0.05) is 18.2 Å². The molecule has 0 radical (unpaired) electrons. The van der Waals surface area contributed by atoms with Crippen molar-refractivity contribution in [3.63, 3.8) is 0 Å². The third-order valence-electron chi connectivity index (χ3n) is 2.39. The van der Waals surface area contributed by atoms with Crippen molar-refractivity contribution < 1.29 is 14.6 Å². The van der Waals surface area contributed by atoms with Crippen LogP contribution >= 0.6 is 0 Å². The molecule has 0 spiro atoms. The molecule has 1 fully saturated rings. The van der Waals surface area contributed by atoms with Gasteiger partial charge in [0.05, 0.1) is 6.54 Å². The Morgan fingerprint density at radius 2 is 2.13 bits per heavy atom. The van der Waals surface area contributed by atoms with Crippen molar-refractivity contribution in [2.24, 2.45) is 0 Å². The standard InChI is InChI=1S/C11H13NO3/c13-7-6-10-8-12(11(14)15-10)9-4-2-1-3-5-9/h1-5,10,13H,6-8H2. The van der Waals surface area contributed by atoms with E-state index >= 15 is 0 Å². The Bertz CT molecular complexity index is 339. The second-order valence-corrected chi connectivity index (χ2v) is 3.46. The zero-order valence-corrected chi connectivity index (χ0v) is 8.30. The molecule has 0 bridgehead atoms. The van der Waals surface area contributed by atoms with Gasteiger partial charge in [-0.05, 0) is 12.1 Å². The fraction of sp³-hybridized carbons (Fsp3) is 0.364. The van der Waals surface area contributed by atoms with Crippen molar-refractivity contribution in [3.8, 4) is 0 Å². The smallest absolute Gasteiger partial charge is 0.414 e. The van der Waals surface area contributed by atoms with E-state index in [2.05, 4.69) is 0 Å². The largest absolute Gasteiger partial charge is 0.444 e. The van der Waals surface area contributed by atoms with Crippen molar-refractivity contribution in [3.05, 3.63) is 30.3 Å². The molecule has 15 heavy (non-hydrogen) atoms. The van der Waals surface area contributed by atoms with E-state index in [1.54, 1.807) is 4.90 Å². The average Bonchev–Trinajstić information content (AvgIpc) is 2.61. The van der Waals surface area contributed by atoms with Crippen LogP contribution in [0.4, 0.5) is 10.5 Å². The summed E-state index contributed by atoms with van der Waals surface area (Å²) in [4.78, 5) is 13.1. The Hall–Kier alpha value is -1.55. The molecule has 1 N–H and O–H groups in total. The Balaban J connectivity index is 2.09. The van der Waals surface area contributed by atoms with E-state index in [-0.39, 0.29) is 18.8 Å². The van der Waals surface area contributed by atoms with Crippen LogP contribution < -0.4 is 4.90 Å². The SMILES string of the molecule is O=C1OC(CCO)CN1c1ccccc1. The van der Waals surface area contributed by atoms with E-state index in [1.807, 2.05) is 30.3 Å². The molecule has 2 rings (SSSR count). The second kappa shape index (κ2) is 4.31. The highest BCUT2D eigenvalue weighted by Crippen LogP contribution is 2.21. The summed E-state index contributed by atoms with van der Waals surface area (Å²) in [6.45, 7) is 0.560. The maximum atomic E-state index is 11.5. The number of carbonyl (C=O) groups is 1. The number of amides is 1. The molecule has 0 saturated carbocycles. The number of rotatable bonds is 3. The van der Waals surface area contributed by atoms with Gasteiger partial charge in [0, 0.05) is 18.7 Å². The molecule has 1 unspecified atom stereocenters. The van der Waals surface area contributed by atoms with Crippen LogP contribution in [0.15, 0.2) is 30.3 Å². The maximum absolute atomic E-state index is 11.5. The van der Waals surface area contributed by atoms with Crippen LogP contribution in [0.25, 0.3) is 0 Å². The number of hydrogen-bond acceptors (Lipinski definition) is 3. The molecule has 80 valence electrons. The van der Waals surface area contributed by atoms with E-state index < -0.39 is 0 Å². The lowest BCUT2D eigenvalue weighted by Gasteiger charge is -2.11. The maximum Gasteiger partial charge on any atom is 0.414 e.